The zero-order valence-corrected chi connectivity index (χ0v) is 13.5. The quantitative estimate of drug-likeness (QED) is 0.857. The van der Waals surface area contributed by atoms with Gasteiger partial charge in [0, 0.05) is 19.1 Å². The second kappa shape index (κ2) is 6.40. The van der Waals surface area contributed by atoms with Crippen molar-refractivity contribution < 1.29 is 14.3 Å². The van der Waals surface area contributed by atoms with E-state index in [4.69, 9.17) is 9.47 Å². The van der Waals surface area contributed by atoms with Gasteiger partial charge in [0.05, 0.1) is 6.54 Å². The third-order valence-corrected chi connectivity index (χ3v) is 5.11. The molecule has 1 amide bonds. The molecule has 5 heteroatoms. The zero-order valence-electron chi connectivity index (χ0n) is 13.5. The molecule has 1 atom stereocenters. The number of ether oxygens (including phenoxy) is 2. The second-order valence-corrected chi connectivity index (χ2v) is 6.62. The number of carbonyl (C=O) groups is 1. The van der Waals surface area contributed by atoms with E-state index < -0.39 is 0 Å². The van der Waals surface area contributed by atoms with Crippen molar-refractivity contribution in [2.45, 2.75) is 31.7 Å². The standard InChI is InChI=1S/C18H24N2O3/c21-18(19-7-1-2-8-19)13-20-9-3-4-15(20)14-5-6-16-17(12-14)23-11-10-22-16/h5-6,12,15H,1-4,7-11,13H2. The fraction of sp³-hybridized carbons (Fsp3) is 0.611. The van der Waals surface area contributed by atoms with Crippen LogP contribution in [-0.2, 0) is 4.79 Å². The Bertz CT molecular complexity index is 584. The third kappa shape index (κ3) is 3.02. The summed E-state index contributed by atoms with van der Waals surface area (Å²) < 4.78 is 11.3. The number of benzene rings is 1. The van der Waals surface area contributed by atoms with Gasteiger partial charge in [0.1, 0.15) is 13.2 Å². The fourth-order valence-electron chi connectivity index (χ4n) is 3.90. The van der Waals surface area contributed by atoms with Crippen LogP contribution in [0.25, 0.3) is 0 Å². The normalized spacial score (nSPS) is 24.2. The molecule has 0 bridgehead atoms. The number of fused-ring (bicyclic) bond motifs is 1. The van der Waals surface area contributed by atoms with E-state index in [1.165, 1.54) is 5.56 Å². The van der Waals surface area contributed by atoms with Crippen molar-refractivity contribution in [1.29, 1.82) is 0 Å². The average molecular weight is 316 g/mol. The molecule has 3 heterocycles. The van der Waals surface area contributed by atoms with E-state index in [1.54, 1.807) is 0 Å². The van der Waals surface area contributed by atoms with Crippen LogP contribution in [0.15, 0.2) is 18.2 Å². The van der Waals surface area contributed by atoms with Gasteiger partial charge in [-0.1, -0.05) is 6.07 Å². The van der Waals surface area contributed by atoms with Crippen LogP contribution in [-0.4, -0.2) is 55.1 Å². The Morgan fingerprint density at radius 2 is 1.83 bits per heavy atom. The number of nitrogens with zero attached hydrogens (tertiary/aromatic N) is 2. The SMILES string of the molecule is O=C(CN1CCCC1c1ccc2c(c1)OCCO2)N1CCCC1. The molecule has 1 aromatic rings. The van der Waals surface area contributed by atoms with E-state index in [0.29, 0.717) is 25.8 Å². The summed E-state index contributed by atoms with van der Waals surface area (Å²) in [5, 5.41) is 0. The van der Waals surface area contributed by atoms with E-state index in [2.05, 4.69) is 17.0 Å². The highest BCUT2D eigenvalue weighted by atomic mass is 16.6. The maximum Gasteiger partial charge on any atom is 0.236 e. The molecule has 3 aliphatic heterocycles. The molecule has 1 unspecified atom stereocenters. The van der Waals surface area contributed by atoms with E-state index >= 15 is 0 Å². The van der Waals surface area contributed by atoms with Gasteiger partial charge in [0.15, 0.2) is 11.5 Å². The van der Waals surface area contributed by atoms with Crippen molar-refractivity contribution in [2.75, 3.05) is 39.4 Å². The molecule has 3 aliphatic rings. The Labute approximate surface area is 137 Å². The molecule has 23 heavy (non-hydrogen) atoms. The van der Waals surface area contributed by atoms with Gasteiger partial charge >= 0.3 is 0 Å². The lowest BCUT2D eigenvalue weighted by molar-refractivity contribution is -0.131. The Morgan fingerprint density at radius 3 is 2.65 bits per heavy atom. The summed E-state index contributed by atoms with van der Waals surface area (Å²) in [4.78, 5) is 16.8. The molecule has 2 fully saturated rings. The summed E-state index contributed by atoms with van der Waals surface area (Å²) in [5.74, 6) is 1.95. The topological polar surface area (TPSA) is 42.0 Å². The van der Waals surface area contributed by atoms with Crippen molar-refractivity contribution in [2.24, 2.45) is 0 Å². The molecular weight excluding hydrogens is 292 g/mol. The molecule has 124 valence electrons. The van der Waals surface area contributed by atoms with Crippen LogP contribution in [0.3, 0.4) is 0 Å². The van der Waals surface area contributed by atoms with Crippen LogP contribution in [0, 0.1) is 0 Å². The molecule has 0 aliphatic carbocycles. The maximum absolute atomic E-state index is 12.5. The first-order valence-electron chi connectivity index (χ1n) is 8.72. The van der Waals surface area contributed by atoms with Crippen molar-refractivity contribution in [3.63, 3.8) is 0 Å². The van der Waals surface area contributed by atoms with Crippen LogP contribution < -0.4 is 9.47 Å². The predicted molar refractivity (Wildman–Crippen MR) is 86.8 cm³/mol. The van der Waals surface area contributed by atoms with Crippen LogP contribution >= 0.6 is 0 Å². The van der Waals surface area contributed by atoms with Gasteiger partial charge in [-0.15, -0.1) is 0 Å². The average Bonchev–Trinajstić information content (AvgIpc) is 3.26. The molecular formula is C18H24N2O3. The minimum atomic E-state index is 0.284. The van der Waals surface area contributed by atoms with E-state index in [9.17, 15) is 4.79 Å². The lowest BCUT2D eigenvalue weighted by Gasteiger charge is -2.27. The number of rotatable bonds is 3. The monoisotopic (exact) mass is 316 g/mol. The first-order valence-corrected chi connectivity index (χ1v) is 8.72. The van der Waals surface area contributed by atoms with Crippen molar-refractivity contribution >= 4 is 5.91 Å². The van der Waals surface area contributed by atoms with Crippen LogP contribution in [0.2, 0.25) is 0 Å². The molecule has 0 N–H and O–H groups in total. The smallest absolute Gasteiger partial charge is 0.236 e. The number of amides is 1. The van der Waals surface area contributed by atoms with Crippen LogP contribution in [0.1, 0.15) is 37.3 Å². The number of hydrogen-bond acceptors (Lipinski definition) is 4. The van der Waals surface area contributed by atoms with E-state index in [0.717, 1.165) is 56.8 Å². The van der Waals surface area contributed by atoms with Gasteiger partial charge in [-0.2, -0.15) is 0 Å². The molecule has 4 rings (SSSR count). The van der Waals surface area contributed by atoms with E-state index in [-0.39, 0.29) is 5.91 Å². The van der Waals surface area contributed by atoms with E-state index in [1.807, 2.05) is 11.0 Å². The predicted octanol–water partition coefficient (Wildman–Crippen LogP) is 2.22. The largest absolute Gasteiger partial charge is 0.486 e. The molecule has 0 radical (unpaired) electrons. The van der Waals surface area contributed by atoms with Crippen molar-refractivity contribution in [3.8, 4) is 11.5 Å². The number of likely N-dealkylation sites (tertiary alicyclic amines) is 2. The second-order valence-electron chi connectivity index (χ2n) is 6.62. The summed E-state index contributed by atoms with van der Waals surface area (Å²) in [6.07, 6.45) is 4.55. The minimum Gasteiger partial charge on any atom is -0.486 e. The zero-order chi connectivity index (χ0) is 15.6. The highest BCUT2D eigenvalue weighted by molar-refractivity contribution is 5.78. The molecule has 0 saturated carbocycles. The van der Waals surface area contributed by atoms with Gasteiger partial charge in [-0.05, 0) is 49.9 Å². The third-order valence-electron chi connectivity index (χ3n) is 5.11. The summed E-state index contributed by atoms with van der Waals surface area (Å²) in [7, 11) is 0. The Morgan fingerprint density at radius 1 is 1.04 bits per heavy atom. The number of carbonyl (C=O) groups excluding carboxylic acids is 1. The summed E-state index contributed by atoms with van der Waals surface area (Å²) in [6, 6.07) is 6.54. The van der Waals surface area contributed by atoms with Crippen molar-refractivity contribution in [1.82, 2.24) is 9.80 Å². The molecule has 0 spiro atoms. The molecule has 2 saturated heterocycles. The van der Waals surface area contributed by atoms with Crippen LogP contribution in [0.4, 0.5) is 0 Å². The van der Waals surface area contributed by atoms with Gasteiger partial charge in [0.25, 0.3) is 0 Å². The lowest BCUT2D eigenvalue weighted by Crippen LogP contribution is -2.38. The van der Waals surface area contributed by atoms with Gasteiger partial charge in [0.2, 0.25) is 5.91 Å². The maximum atomic E-state index is 12.5. The molecule has 5 nitrogen and oxygen atoms in total. The minimum absolute atomic E-state index is 0.284. The molecule has 0 aromatic heterocycles. The number of hydrogen-bond donors (Lipinski definition) is 0. The highest BCUT2D eigenvalue weighted by Crippen LogP contribution is 2.38. The fourth-order valence-corrected chi connectivity index (χ4v) is 3.90. The van der Waals surface area contributed by atoms with Crippen molar-refractivity contribution in [3.05, 3.63) is 23.8 Å². The van der Waals surface area contributed by atoms with Crippen LogP contribution in [0.5, 0.6) is 11.5 Å². The Hall–Kier alpha value is -1.75. The molecule has 1 aromatic carbocycles. The van der Waals surface area contributed by atoms with Gasteiger partial charge in [-0.3, -0.25) is 9.69 Å². The Kier molecular flexibility index (Phi) is 4.12. The first-order chi connectivity index (χ1) is 11.3. The summed E-state index contributed by atoms with van der Waals surface area (Å²) in [5.41, 5.74) is 1.24. The highest BCUT2D eigenvalue weighted by Gasteiger charge is 2.30. The van der Waals surface area contributed by atoms with Gasteiger partial charge in [-0.25, -0.2) is 0 Å². The first kappa shape index (κ1) is 14.8. The lowest BCUT2D eigenvalue weighted by atomic mass is 10.0. The van der Waals surface area contributed by atoms with Gasteiger partial charge < -0.3 is 14.4 Å². The Balaban J connectivity index is 1.47. The summed E-state index contributed by atoms with van der Waals surface area (Å²) in [6.45, 7) is 4.63. The summed E-state index contributed by atoms with van der Waals surface area (Å²) >= 11 is 0.